The molecule has 84 valence electrons. The number of benzene rings is 1. The van der Waals surface area contributed by atoms with Crippen molar-refractivity contribution in [2.24, 2.45) is 0 Å². The minimum Gasteiger partial charge on any atom is -0.465 e. The smallest absolute Gasteiger partial charge is 0.325 e. The van der Waals surface area contributed by atoms with Gasteiger partial charge in [-0.1, -0.05) is 15.9 Å². The first-order chi connectivity index (χ1) is 7.67. The zero-order chi connectivity index (χ0) is 12.0. The molecule has 0 saturated heterocycles. The van der Waals surface area contributed by atoms with Crippen molar-refractivity contribution in [1.29, 1.82) is 5.26 Å². The lowest BCUT2D eigenvalue weighted by Crippen LogP contribution is -2.17. The molecule has 0 atom stereocenters. The Labute approximate surface area is 102 Å². The fourth-order valence-corrected chi connectivity index (χ4v) is 1.50. The van der Waals surface area contributed by atoms with Crippen LogP contribution in [-0.4, -0.2) is 19.1 Å². The molecule has 0 radical (unpaired) electrons. The summed E-state index contributed by atoms with van der Waals surface area (Å²) in [5, 5.41) is 11.7. The van der Waals surface area contributed by atoms with Gasteiger partial charge in [0.05, 0.1) is 17.9 Å². The van der Waals surface area contributed by atoms with Crippen LogP contribution in [0.2, 0.25) is 0 Å². The fraction of sp³-hybridized carbons (Fsp3) is 0.273. The third-order valence-electron chi connectivity index (χ3n) is 1.83. The van der Waals surface area contributed by atoms with Crippen LogP contribution in [0.5, 0.6) is 0 Å². The predicted octanol–water partition coefficient (Wildman–Crippen LogP) is 2.30. The minimum absolute atomic E-state index is 0.0545. The predicted molar refractivity (Wildman–Crippen MR) is 64.0 cm³/mol. The topological polar surface area (TPSA) is 62.1 Å². The summed E-state index contributed by atoms with van der Waals surface area (Å²) in [6.07, 6.45) is 0. The number of ether oxygens (including phenoxy) is 1. The van der Waals surface area contributed by atoms with Gasteiger partial charge in [0.25, 0.3) is 0 Å². The monoisotopic (exact) mass is 282 g/mol. The Morgan fingerprint density at radius 3 is 3.00 bits per heavy atom. The molecule has 0 amide bonds. The van der Waals surface area contributed by atoms with E-state index in [2.05, 4.69) is 21.2 Å². The first-order valence-electron chi connectivity index (χ1n) is 4.76. The second-order valence-corrected chi connectivity index (χ2v) is 3.88. The molecule has 0 aromatic heterocycles. The maximum atomic E-state index is 11.1. The van der Waals surface area contributed by atoms with Crippen LogP contribution in [0.4, 0.5) is 5.69 Å². The SMILES string of the molecule is CCOC(=O)CNc1cc(Br)ccc1C#N. The first kappa shape index (κ1) is 12.5. The summed E-state index contributed by atoms with van der Waals surface area (Å²) in [5.74, 6) is -0.341. The summed E-state index contributed by atoms with van der Waals surface area (Å²) in [6, 6.07) is 7.24. The van der Waals surface area contributed by atoms with Gasteiger partial charge in [-0.05, 0) is 25.1 Å². The van der Waals surface area contributed by atoms with Crippen molar-refractivity contribution in [2.75, 3.05) is 18.5 Å². The molecule has 0 unspecified atom stereocenters. The molecule has 0 aliphatic rings. The highest BCUT2D eigenvalue weighted by Gasteiger charge is 2.05. The number of rotatable bonds is 4. The third kappa shape index (κ3) is 3.55. The number of esters is 1. The summed E-state index contributed by atoms with van der Waals surface area (Å²) >= 11 is 3.30. The summed E-state index contributed by atoms with van der Waals surface area (Å²) in [7, 11) is 0. The number of nitrogens with one attached hydrogen (secondary N) is 1. The first-order valence-corrected chi connectivity index (χ1v) is 5.55. The van der Waals surface area contributed by atoms with Crippen LogP contribution in [0.15, 0.2) is 22.7 Å². The van der Waals surface area contributed by atoms with E-state index >= 15 is 0 Å². The average Bonchev–Trinajstić information content (AvgIpc) is 2.27. The molecule has 1 aromatic rings. The van der Waals surface area contributed by atoms with Crippen LogP contribution in [-0.2, 0) is 9.53 Å². The molecule has 0 aliphatic carbocycles. The zero-order valence-electron chi connectivity index (χ0n) is 8.79. The van der Waals surface area contributed by atoms with Crippen LogP contribution in [0.25, 0.3) is 0 Å². The van der Waals surface area contributed by atoms with E-state index in [1.165, 1.54) is 0 Å². The van der Waals surface area contributed by atoms with Crippen LogP contribution in [0, 0.1) is 11.3 Å². The summed E-state index contributed by atoms with van der Waals surface area (Å²) in [5.41, 5.74) is 1.11. The maximum absolute atomic E-state index is 11.1. The quantitative estimate of drug-likeness (QED) is 0.861. The van der Waals surface area contributed by atoms with Crippen molar-refractivity contribution in [3.63, 3.8) is 0 Å². The number of hydrogen-bond acceptors (Lipinski definition) is 4. The van der Waals surface area contributed by atoms with Crippen molar-refractivity contribution >= 4 is 27.6 Å². The molecule has 4 nitrogen and oxygen atoms in total. The van der Waals surface area contributed by atoms with Crippen molar-refractivity contribution in [3.05, 3.63) is 28.2 Å². The number of hydrogen-bond donors (Lipinski definition) is 1. The van der Waals surface area contributed by atoms with Crippen LogP contribution < -0.4 is 5.32 Å². The second-order valence-electron chi connectivity index (χ2n) is 2.96. The molecule has 0 aliphatic heterocycles. The number of nitrogens with zero attached hydrogens (tertiary/aromatic N) is 1. The normalized spacial score (nSPS) is 9.31. The van der Waals surface area contributed by atoms with Crippen molar-refractivity contribution in [3.8, 4) is 6.07 Å². The van der Waals surface area contributed by atoms with Crippen molar-refractivity contribution in [1.82, 2.24) is 0 Å². The molecule has 1 N–H and O–H groups in total. The van der Waals surface area contributed by atoms with Gasteiger partial charge in [-0.2, -0.15) is 5.26 Å². The number of anilines is 1. The standard InChI is InChI=1S/C11H11BrN2O2/c1-2-16-11(15)7-14-10-5-9(12)4-3-8(10)6-13/h3-5,14H,2,7H2,1H3. The van der Waals surface area contributed by atoms with Gasteiger partial charge in [-0.25, -0.2) is 0 Å². The zero-order valence-corrected chi connectivity index (χ0v) is 10.4. The van der Waals surface area contributed by atoms with E-state index in [0.717, 1.165) is 4.47 Å². The van der Waals surface area contributed by atoms with Gasteiger partial charge in [-0.15, -0.1) is 0 Å². The van der Waals surface area contributed by atoms with Gasteiger partial charge in [0.15, 0.2) is 0 Å². The number of carbonyl (C=O) groups is 1. The van der Waals surface area contributed by atoms with Gasteiger partial charge in [0.1, 0.15) is 12.6 Å². The highest BCUT2D eigenvalue weighted by atomic mass is 79.9. The molecule has 0 spiro atoms. The van der Waals surface area contributed by atoms with E-state index in [0.29, 0.717) is 17.9 Å². The molecule has 5 heteroatoms. The number of nitriles is 1. The number of carbonyl (C=O) groups excluding carboxylic acids is 1. The van der Waals surface area contributed by atoms with E-state index < -0.39 is 0 Å². The molecular formula is C11H11BrN2O2. The van der Waals surface area contributed by atoms with Gasteiger partial charge >= 0.3 is 5.97 Å². The van der Waals surface area contributed by atoms with Gasteiger partial charge in [-0.3, -0.25) is 4.79 Å². The summed E-state index contributed by atoms with van der Waals surface area (Å²) < 4.78 is 5.62. The Bertz CT molecular complexity index is 426. The van der Waals surface area contributed by atoms with E-state index in [9.17, 15) is 4.79 Å². The van der Waals surface area contributed by atoms with Crippen LogP contribution in [0.3, 0.4) is 0 Å². The highest BCUT2D eigenvalue weighted by Crippen LogP contribution is 2.20. The molecule has 16 heavy (non-hydrogen) atoms. The number of halogens is 1. The summed E-state index contributed by atoms with van der Waals surface area (Å²) in [6.45, 7) is 2.15. The Kier molecular flexibility index (Phi) is 4.80. The Hall–Kier alpha value is -1.54. The Morgan fingerprint density at radius 2 is 2.38 bits per heavy atom. The van der Waals surface area contributed by atoms with Gasteiger partial charge in [0, 0.05) is 4.47 Å². The molecule has 0 saturated carbocycles. The largest absolute Gasteiger partial charge is 0.465 e. The van der Waals surface area contributed by atoms with E-state index in [1.54, 1.807) is 25.1 Å². The lowest BCUT2D eigenvalue weighted by Gasteiger charge is -2.07. The van der Waals surface area contributed by atoms with E-state index in [-0.39, 0.29) is 12.5 Å². The van der Waals surface area contributed by atoms with Crippen molar-refractivity contribution in [2.45, 2.75) is 6.92 Å². The molecule has 0 fully saturated rings. The fourth-order valence-electron chi connectivity index (χ4n) is 1.14. The third-order valence-corrected chi connectivity index (χ3v) is 2.32. The highest BCUT2D eigenvalue weighted by molar-refractivity contribution is 9.10. The Morgan fingerprint density at radius 1 is 1.62 bits per heavy atom. The Balaban J connectivity index is 2.70. The van der Waals surface area contributed by atoms with Crippen LogP contribution >= 0.6 is 15.9 Å². The maximum Gasteiger partial charge on any atom is 0.325 e. The van der Waals surface area contributed by atoms with E-state index in [1.807, 2.05) is 6.07 Å². The lowest BCUT2D eigenvalue weighted by molar-refractivity contribution is -0.140. The van der Waals surface area contributed by atoms with E-state index in [4.69, 9.17) is 10.00 Å². The van der Waals surface area contributed by atoms with Gasteiger partial charge in [0.2, 0.25) is 0 Å². The molecule has 1 aromatic carbocycles. The molecular weight excluding hydrogens is 272 g/mol. The second kappa shape index (κ2) is 6.13. The molecule has 1 rings (SSSR count). The lowest BCUT2D eigenvalue weighted by atomic mass is 10.2. The van der Waals surface area contributed by atoms with Gasteiger partial charge < -0.3 is 10.1 Å². The van der Waals surface area contributed by atoms with Crippen LogP contribution in [0.1, 0.15) is 12.5 Å². The molecule has 0 bridgehead atoms. The molecule has 0 heterocycles. The van der Waals surface area contributed by atoms with Crippen molar-refractivity contribution < 1.29 is 9.53 Å². The average molecular weight is 283 g/mol. The minimum atomic E-state index is -0.341. The summed E-state index contributed by atoms with van der Waals surface area (Å²) in [4.78, 5) is 11.1.